The maximum Gasteiger partial charge on any atom is 0.345 e. The van der Waals surface area contributed by atoms with Crippen molar-refractivity contribution in [1.29, 1.82) is 0 Å². The molecule has 0 aromatic heterocycles. The fraction of sp³-hybridized carbons (Fsp3) is 0.867. The summed E-state index contributed by atoms with van der Waals surface area (Å²) in [5.74, 6) is -1.49. The van der Waals surface area contributed by atoms with Crippen molar-refractivity contribution in [3.63, 3.8) is 0 Å². The summed E-state index contributed by atoms with van der Waals surface area (Å²) in [5, 5.41) is 8.95. The Labute approximate surface area is 116 Å². The van der Waals surface area contributed by atoms with E-state index in [1.54, 1.807) is 6.92 Å². The van der Waals surface area contributed by atoms with Crippen LogP contribution in [0.4, 0.5) is 0 Å². The molecule has 0 aliphatic heterocycles. The predicted octanol–water partition coefficient (Wildman–Crippen LogP) is 3.78. The molecule has 0 spiro atoms. The molecule has 0 amide bonds. The largest absolute Gasteiger partial charge is 0.479 e. The number of hydrogen-bond donors (Lipinski definition) is 1. The molecule has 0 aromatic rings. The van der Waals surface area contributed by atoms with Gasteiger partial charge in [0.1, 0.15) is 0 Å². The molecule has 112 valence electrons. The number of carbonyl (C=O) groups excluding carboxylic acids is 1. The van der Waals surface area contributed by atoms with Gasteiger partial charge in [-0.1, -0.05) is 47.0 Å². The maximum absolute atomic E-state index is 11.1. The van der Waals surface area contributed by atoms with E-state index in [-0.39, 0.29) is 6.42 Å². The number of ether oxygens (including phenoxy) is 1. The average molecular weight is 272 g/mol. The third kappa shape index (κ3) is 10.5. The monoisotopic (exact) mass is 272 g/mol. The Hall–Kier alpha value is -1.06. The zero-order chi connectivity index (χ0) is 14.9. The molecule has 0 saturated carbocycles. The number of hydrogen-bond acceptors (Lipinski definition) is 3. The van der Waals surface area contributed by atoms with Crippen molar-refractivity contribution in [3.8, 4) is 0 Å². The van der Waals surface area contributed by atoms with Crippen LogP contribution in [0.3, 0.4) is 0 Å². The molecule has 0 bridgehead atoms. The second-order valence-corrected chi connectivity index (χ2v) is 6.18. The molecule has 0 radical (unpaired) electrons. The molecule has 0 fully saturated rings. The van der Waals surface area contributed by atoms with Gasteiger partial charge >= 0.3 is 11.9 Å². The van der Waals surface area contributed by atoms with Gasteiger partial charge in [-0.15, -0.1) is 0 Å². The van der Waals surface area contributed by atoms with E-state index in [9.17, 15) is 9.59 Å². The number of aliphatic carboxylic acids is 1. The highest BCUT2D eigenvalue weighted by Crippen LogP contribution is 2.22. The van der Waals surface area contributed by atoms with Crippen molar-refractivity contribution in [2.45, 2.75) is 78.7 Å². The van der Waals surface area contributed by atoms with Gasteiger partial charge in [0.25, 0.3) is 0 Å². The molecule has 19 heavy (non-hydrogen) atoms. The molecule has 0 rings (SSSR count). The highest BCUT2D eigenvalue weighted by Gasteiger charge is 2.20. The first-order valence-corrected chi connectivity index (χ1v) is 7.18. The van der Waals surface area contributed by atoms with Crippen LogP contribution >= 0.6 is 0 Å². The summed E-state index contributed by atoms with van der Waals surface area (Å²) in [6.45, 7) is 8.32. The van der Waals surface area contributed by atoms with E-state index < -0.39 is 18.0 Å². The molecule has 1 atom stereocenters. The fourth-order valence-corrected chi connectivity index (χ4v) is 1.81. The molecule has 1 N–H and O–H groups in total. The molecular weight excluding hydrogens is 244 g/mol. The Morgan fingerprint density at radius 2 is 1.68 bits per heavy atom. The van der Waals surface area contributed by atoms with E-state index >= 15 is 0 Å². The number of esters is 1. The van der Waals surface area contributed by atoms with Crippen molar-refractivity contribution < 1.29 is 19.4 Å². The minimum atomic E-state index is -1.04. The van der Waals surface area contributed by atoms with Crippen molar-refractivity contribution in [1.82, 2.24) is 0 Å². The molecule has 0 aliphatic carbocycles. The lowest BCUT2D eigenvalue weighted by atomic mass is 9.89. The summed E-state index contributed by atoms with van der Waals surface area (Å²) in [7, 11) is 0. The first-order valence-electron chi connectivity index (χ1n) is 7.18. The van der Waals surface area contributed by atoms with E-state index in [2.05, 4.69) is 20.8 Å². The minimum absolute atomic E-state index is 0.218. The van der Waals surface area contributed by atoms with Crippen LogP contribution in [0.25, 0.3) is 0 Å². The fourth-order valence-electron chi connectivity index (χ4n) is 1.81. The Balaban J connectivity index is 3.76. The zero-order valence-electron chi connectivity index (χ0n) is 12.7. The second-order valence-electron chi connectivity index (χ2n) is 6.18. The highest BCUT2D eigenvalue weighted by atomic mass is 16.6. The number of carboxylic acid groups (broad SMARTS) is 1. The standard InChI is InChI=1S/C15H28O4/c1-5-13(16)19-12(14(17)18)10-8-6-7-9-11-15(2,3)4/h12H,5-11H2,1-4H3,(H,17,18). The third-order valence-electron chi connectivity index (χ3n) is 2.98. The molecule has 0 heterocycles. The van der Waals surface area contributed by atoms with Crippen LogP contribution < -0.4 is 0 Å². The van der Waals surface area contributed by atoms with Gasteiger partial charge in [-0.25, -0.2) is 4.79 Å². The maximum atomic E-state index is 11.1. The molecule has 1 unspecified atom stereocenters. The summed E-state index contributed by atoms with van der Waals surface area (Å²) in [6, 6.07) is 0. The Morgan fingerprint density at radius 3 is 2.16 bits per heavy atom. The first-order chi connectivity index (χ1) is 8.76. The molecule has 0 aromatic carbocycles. The van der Waals surface area contributed by atoms with Crippen LogP contribution in [0.15, 0.2) is 0 Å². The SMILES string of the molecule is CCC(=O)OC(CCCCCCC(C)(C)C)C(=O)O. The van der Waals surface area contributed by atoms with Crippen LogP contribution in [0, 0.1) is 5.41 Å². The van der Waals surface area contributed by atoms with Crippen LogP contribution in [-0.4, -0.2) is 23.1 Å². The third-order valence-corrected chi connectivity index (χ3v) is 2.98. The van der Waals surface area contributed by atoms with Gasteiger partial charge in [-0.2, -0.15) is 0 Å². The Morgan fingerprint density at radius 1 is 1.11 bits per heavy atom. The first kappa shape index (κ1) is 17.9. The summed E-state index contributed by atoms with van der Waals surface area (Å²) < 4.78 is 4.88. The lowest BCUT2D eigenvalue weighted by molar-refractivity contribution is -0.164. The summed E-state index contributed by atoms with van der Waals surface area (Å²) in [4.78, 5) is 22.0. The van der Waals surface area contributed by atoms with Gasteiger partial charge in [-0.05, 0) is 24.7 Å². The van der Waals surface area contributed by atoms with Crippen molar-refractivity contribution in [3.05, 3.63) is 0 Å². The number of rotatable bonds is 9. The molecule has 4 heteroatoms. The van der Waals surface area contributed by atoms with E-state index in [1.807, 2.05) is 0 Å². The van der Waals surface area contributed by atoms with E-state index in [0.717, 1.165) is 25.7 Å². The lowest BCUT2D eigenvalue weighted by Crippen LogP contribution is -2.26. The summed E-state index contributed by atoms with van der Waals surface area (Å²) in [5.41, 5.74) is 0.361. The van der Waals surface area contributed by atoms with Gasteiger partial charge in [0.2, 0.25) is 0 Å². The smallest absolute Gasteiger partial charge is 0.345 e. The van der Waals surface area contributed by atoms with E-state index in [1.165, 1.54) is 6.42 Å². The minimum Gasteiger partial charge on any atom is -0.479 e. The Bertz CT molecular complexity index is 278. The van der Waals surface area contributed by atoms with Crippen LogP contribution in [-0.2, 0) is 14.3 Å². The summed E-state index contributed by atoms with van der Waals surface area (Å²) in [6.07, 6.45) is 4.88. The van der Waals surface area contributed by atoms with Crippen molar-refractivity contribution in [2.75, 3.05) is 0 Å². The van der Waals surface area contributed by atoms with Crippen LogP contribution in [0.1, 0.15) is 72.6 Å². The van der Waals surface area contributed by atoms with E-state index in [0.29, 0.717) is 11.8 Å². The van der Waals surface area contributed by atoms with Gasteiger partial charge in [0.05, 0.1) is 0 Å². The average Bonchev–Trinajstić information content (AvgIpc) is 2.29. The molecule has 0 aliphatic rings. The number of carboxylic acids is 1. The highest BCUT2D eigenvalue weighted by molar-refractivity contribution is 5.77. The molecule has 0 saturated heterocycles. The number of carbonyl (C=O) groups is 2. The quantitative estimate of drug-likeness (QED) is 0.512. The zero-order valence-corrected chi connectivity index (χ0v) is 12.7. The Kier molecular flexibility index (Phi) is 8.44. The van der Waals surface area contributed by atoms with Gasteiger partial charge in [-0.3, -0.25) is 4.79 Å². The lowest BCUT2D eigenvalue weighted by Gasteiger charge is -2.17. The van der Waals surface area contributed by atoms with Crippen molar-refractivity contribution in [2.24, 2.45) is 5.41 Å². The van der Waals surface area contributed by atoms with Gasteiger partial charge < -0.3 is 9.84 Å². The van der Waals surface area contributed by atoms with E-state index in [4.69, 9.17) is 9.84 Å². The van der Waals surface area contributed by atoms with Crippen molar-refractivity contribution >= 4 is 11.9 Å². The second kappa shape index (κ2) is 8.94. The predicted molar refractivity (Wildman–Crippen MR) is 75.0 cm³/mol. The molecular formula is C15H28O4. The molecule has 4 nitrogen and oxygen atoms in total. The number of unbranched alkanes of at least 4 members (excludes halogenated alkanes) is 3. The summed E-state index contributed by atoms with van der Waals surface area (Å²) >= 11 is 0. The van der Waals surface area contributed by atoms with Crippen LogP contribution in [0.2, 0.25) is 0 Å². The van der Waals surface area contributed by atoms with Crippen LogP contribution in [0.5, 0.6) is 0 Å². The normalized spacial score (nSPS) is 13.1. The topological polar surface area (TPSA) is 63.6 Å². The van der Waals surface area contributed by atoms with Gasteiger partial charge in [0, 0.05) is 6.42 Å². The van der Waals surface area contributed by atoms with Gasteiger partial charge in [0.15, 0.2) is 6.10 Å².